The minimum Gasteiger partial charge on any atom is -0.480 e. The maximum Gasteiger partial charge on any atom is 0.325 e. The average Bonchev–Trinajstić information content (AvgIpc) is 2.78. The fourth-order valence-corrected chi connectivity index (χ4v) is 1.63. The molecule has 0 fully saturated rings. The summed E-state index contributed by atoms with van der Waals surface area (Å²) in [6.07, 6.45) is 3.50. The van der Waals surface area contributed by atoms with E-state index < -0.39 is 11.5 Å². The summed E-state index contributed by atoms with van der Waals surface area (Å²) in [6, 6.07) is 9.77. The molecule has 94 valence electrons. The highest BCUT2D eigenvalue weighted by atomic mass is 16.4. The number of carboxylic acids is 1. The standard InChI is InChI=1S/C13H15N3O2/c1-13(14,12(17)18)9-16-8-11(7-15-16)10-5-3-2-4-6-10/h2-8H,9,14H2,1H3,(H,17,18). The lowest BCUT2D eigenvalue weighted by molar-refractivity contribution is -0.143. The van der Waals surface area contributed by atoms with Crippen molar-refractivity contribution < 1.29 is 9.90 Å². The predicted molar refractivity (Wildman–Crippen MR) is 67.9 cm³/mol. The van der Waals surface area contributed by atoms with E-state index in [9.17, 15) is 4.79 Å². The fourth-order valence-electron chi connectivity index (χ4n) is 1.63. The molecular formula is C13H15N3O2. The van der Waals surface area contributed by atoms with E-state index >= 15 is 0 Å². The first kappa shape index (κ1) is 12.3. The topological polar surface area (TPSA) is 81.1 Å². The van der Waals surface area contributed by atoms with Crippen molar-refractivity contribution in [2.24, 2.45) is 5.73 Å². The number of nitrogens with zero attached hydrogens (tertiary/aromatic N) is 2. The predicted octanol–water partition coefficient (Wildman–Crippen LogP) is 1.35. The molecule has 0 saturated heterocycles. The zero-order valence-corrected chi connectivity index (χ0v) is 10.1. The van der Waals surface area contributed by atoms with E-state index in [1.54, 1.807) is 17.1 Å². The van der Waals surface area contributed by atoms with Gasteiger partial charge in [-0.3, -0.25) is 9.48 Å². The van der Waals surface area contributed by atoms with Crippen LogP contribution >= 0.6 is 0 Å². The number of benzene rings is 1. The number of hydrogen-bond acceptors (Lipinski definition) is 3. The molecule has 2 rings (SSSR count). The molecule has 0 radical (unpaired) electrons. The van der Waals surface area contributed by atoms with Crippen molar-refractivity contribution in [3.63, 3.8) is 0 Å². The Hall–Kier alpha value is -2.14. The maximum absolute atomic E-state index is 10.9. The molecule has 1 aromatic carbocycles. The summed E-state index contributed by atoms with van der Waals surface area (Å²) >= 11 is 0. The molecule has 1 heterocycles. The van der Waals surface area contributed by atoms with Gasteiger partial charge in [-0.15, -0.1) is 0 Å². The minimum absolute atomic E-state index is 0.134. The average molecular weight is 245 g/mol. The van der Waals surface area contributed by atoms with Gasteiger partial charge in [0.2, 0.25) is 0 Å². The van der Waals surface area contributed by atoms with Gasteiger partial charge in [-0.1, -0.05) is 30.3 Å². The second-order valence-corrected chi connectivity index (χ2v) is 4.52. The smallest absolute Gasteiger partial charge is 0.325 e. The Morgan fingerprint density at radius 2 is 2.06 bits per heavy atom. The molecule has 0 spiro atoms. The van der Waals surface area contributed by atoms with E-state index in [1.165, 1.54) is 6.92 Å². The van der Waals surface area contributed by atoms with Crippen molar-refractivity contribution in [2.75, 3.05) is 0 Å². The van der Waals surface area contributed by atoms with E-state index in [0.29, 0.717) is 0 Å². The molecule has 1 unspecified atom stereocenters. The molecular weight excluding hydrogens is 230 g/mol. The third kappa shape index (κ3) is 2.57. The van der Waals surface area contributed by atoms with Gasteiger partial charge in [0, 0.05) is 11.8 Å². The van der Waals surface area contributed by atoms with Crippen LogP contribution in [0.4, 0.5) is 0 Å². The van der Waals surface area contributed by atoms with Crippen LogP contribution in [0, 0.1) is 0 Å². The van der Waals surface area contributed by atoms with Gasteiger partial charge in [0.25, 0.3) is 0 Å². The van der Waals surface area contributed by atoms with Crippen LogP contribution in [0.3, 0.4) is 0 Å². The Morgan fingerprint density at radius 1 is 1.39 bits per heavy atom. The summed E-state index contributed by atoms with van der Waals surface area (Å²) in [7, 11) is 0. The number of rotatable bonds is 4. The third-order valence-corrected chi connectivity index (χ3v) is 2.72. The number of carbonyl (C=O) groups is 1. The molecule has 0 aliphatic carbocycles. The minimum atomic E-state index is -1.32. The lowest BCUT2D eigenvalue weighted by Crippen LogP contribution is -2.48. The summed E-state index contributed by atoms with van der Waals surface area (Å²) < 4.78 is 1.55. The van der Waals surface area contributed by atoms with Crippen LogP contribution < -0.4 is 5.73 Å². The quantitative estimate of drug-likeness (QED) is 0.852. The summed E-state index contributed by atoms with van der Waals surface area (Å²) in [5.74, 6) is -1.04. The van der Waals surface area contributed by atoms with Gasteiger partial charge in [-0.25, -0.2) is 0 Å². The Labute approximate surface area is 105 Å². The molecule has 5 nitrogen and oxygen atoms in total. The first-order chi connectivity index (χ1) is 8.49. The molecule has 2 aromatic rings. The Balaban J connectivity index is 2.19. The number of aromatic nitrogens is 2. The normalized spacial score (nSPS) is 14.1. The van der Waals surface area contributed by atoms with Crippen LogP contribution in [0.15, 0.2) is 42.7 Å². The van der Waals surface area contributed by atoms with E-state index in [0.717, 1.165) is 11.1 Å². The zero-order valence-electron chi connectivity index (χ0n) is 10.1. The first-order valence-corrected chi connectivity index (χ1v) is 5.59. The van der Waals surface area contributed by atoms with Crippen LogP contribution in [0.5, 0.6) is 0 Å². The molecule has 0 aliphatic heterocycles. The van der Waals surface area contributed by atoms with Crippen LogP contribution in [0.25, 0.3) is 11.1 Å². The summed E-state index contributed by atoms with van der Waals surface area (Å²) in [5, 5.41) is 13.1. The van der Waals surface area contributed by atoms with Crippen molar-refractivity contribution in [1.29, 1.82) is 0 Å². The van der Waals surface area contributed by atoms with Gasteiger partial charge in [0.1, 0.15) is 5.54 Å². The maximum atomic E-state index is 10.9. The lowest BCUT2D eigenvalue weighted by Gasteiger charge is -2.18. The Morgan fingerprint density at radius 3 is 2.67 bits per heavy atom. The van der Waals surface area contributed by atoms with Crippen molar-refractivity contribution >= 4 is 5.97 Å². The van der Waals surface area contributed by atoms with Gasteiger partial charge in [-0.2, -0.15) is 5.10 Å². The van der Waals surface area contributed by atoms with Crippen LogP contribution in [0.1, 0.15) is 6.92 Å². The van der Waals surface area contributed by atoms with Gasteiger partial charge >= 0.3 is 5.97 Å². The summed E-state index contributed by atoms with van der Waals surface area (Å²) in [5.41, 5.74) is 6.34. The molecule has 18 heavy (non-hydrogen) atoms. The van der Waals surface area contributed by atoms with E-state index in [4.69, 9.17) is 10.8 Å². The third-order valence-electron chi connectivity index (χ3n) is 2.72. The number of aliphatic carboxylic acids is 1. The Bertz CT molecular complexity index is 546. The van der Waals surface area contributed by atoms with Crippen LogP contribution in [-0.2, 0) is 11.3 Å². The number of carboxylic acid groups (broad SMARTS) is 1. The monoisotopic (exact) mass is 245 g/mol. The summed E-state index contributed by atoms with van der Waals surface area (Å²) in [6.45, 7) is 1.61. The second kappa shape index (κ2) is 4.62. The molecule has 3 N–H and O–H groups in total. The molecule has 5 heteroatoms. The zero-order chi connectivity index (χ0) is 13.2. The fraction of sp³-hybridized carbons (Fsp3) is 0.231. The SMILES string of the molecule is CC(N)(Cn1cc(-c2ccccc2)cn1)C(=O)O. The van der Waals surface area contributed by atoms with Crippen molar-refractivity contribution in [1.82, 2.24) is 9.78 Å². The molecule has 1 atom stereocenters. The largest absolute Gasteiger partial charge is 0.480 e. The van der Waals surface area contributed by atoms with Crippen molar-refractivity contribution in [3.8, 4) is 11.1 Å². The van der Waals surface area contributed by atoms with E-state index in [-0.39, 0.29) is 6.54 Å². The lowest BCUT2D eigenvalue weighted by atomic mass is 10.1. The number of hydrogen-bond donors (Lipinski definition) is 2. The molecule has 0 amide bonds. The van der Waals surface area contributed by atoms with Gasteiger partial charge < -0.3 is 10.8 Å². The van der Waals surface area contributed by atoms with Gasteiger partial charge in [0.05, 0.1) is 12.7 Å². The van der Waals surface area contributed by atoms with Crippen LogP contribution in [0.2, 0.25) is 0 Å². The van der Waals surface area contributed by atoms with Gasteiger partial charge in [-0.05, 0) is 12.5 Å². The highest BCUT2D eigenvalue weighted by Gasteiger charge is 2.28. The first-order valence-electron chi connectivity index (χ1n) is 5.59. The van der Waals surface area contributed by atoms with Crippen LogP contribution in [-0.4, -0.2) is 26.4 Å². The van der Waals surface area contributed by atoms with Crippen molar-refractivity contribution in [2.45, 2.75) is 19.0 Å². The molecule has 0 saturated carbocycles. The molecule has 1 aromatic heterocycles. The van der Waals surface area contributed by atoms with Crippen molar-refractivity contribution in [3.05, 3.63) is 42.7 Å². The second-order valence-electron chi connectivity index (χ2n) is 4.52. The Kier molecular flexibility index (Phi) is 3.16. The molecule has 0 aliphatic rings. The number of nitrogens with two attached hydrogens (primary N) is 1. The van der Waals surface area contributed by atoms with Gasteiger partial charge in [0.15, 0.2) is 0 Å². The van der Waals surface area contributed by atoms with E-state index in [2.05, 4.69) is 5.10 Å². The highest BCUT2D eigenvalue weighted by molar-refractivity contribution is 5.77. The van der Waals surface area contributed by atoms with E-state index in [1.807, 2.05) is 30.3 Å². The molecule has 0 bridgehead atoms. The summed E-state index contributed by atoms with van der Waals surface area (Å²) in [4.78, 5) is 10.9. The highest BCUT2D eigenvalue weighted by Crippen LogP contribution is 2.18.